The summed E-state index contributed by atoms with van der Waals surface area (Å²) in [4.78, 5) is 11.7. The summed E-state index contributed by atoms with van der Waals surface area (Å²) < 4.78 is 25.8. The molecule has 0 amide bonds. The first-order chi connectivity index (χ1) is 7.40. The maximum atomic E-state index is 12.9. The number of benzene rings is 1. The van der Waals surface area contributed by atoms with Gasteiger partial charge in [0, 0.05) is 11.6 Å². The molecule has 1 rings (SSSR count). The lowest BCUT2D eigenvalue weighted by molar-refractivity contribution is 0.0950. The number of rotatable bonds is 4. The molecule has 1 unspecified atom stereocenters. The van der Waals surface area contributed by atoms with E-state index >= 15 is 0 Å². The lowest BCUT2D eigenvalue weighted by atomic mass is 9.97. The van der Waals surface area contributed by atoms with Gasteiger partial charge < -0.3 is 5.73 Å². The number of Topliss-reactive ketones (excluding diaryl/α,β-unsaturated/α-hetero) is 1. The predicted octanol–water partition coefficient (Wildman–Crippen LogP) is 2.52. The summed E-state index contributed by atoms with van der Waals surface area (Å²) >= 11 is 0. The van der Waals surface area contributed by atoms with Gasteiger partial charge in [-0.25, -0.2) is 8.78 Å². The Labute approximate surface area is 93.5 Å². The molecule has 1 aromatic rings. The number of hydrogen-bond donors (Lipinski definition) is 1. The molecule has 1 aromatic carbocycles. The molecule has 0 saturated carbocycles. The molecule has 2 N–H and O–H groups in total. The van der Waals surface area contributed by atoms with Crippen LogP contribution in [-0.4, -0.2) is 11.8 Å². The Kier molecular flexibility index (Phi) is 4.12. The minimum atomic E-state index is -0.764. The Morgan fingerprint density at radius 1 is 1.25 bits per heavy atom. The molecule has 0 fully saturated rings. The number of ketones is 1. The van der Waals surface area contributed by atoms with Gasteiger partial charge in [0.05, 0.1) is 6.04 Å². The van der Waals surface area contributed by atoms with Gasteiger partial charge in [0.1, 0.15) is 11.6 Å². The fourth-order valence-electron chi connectivity index (χ4n) is 1.53. The van der Waals surface area contributed by atoms with Crippen LogP contribution in [0.5, 0.6) is 0 Å². The van der Waals surface area contributed by atoms with Gasteiger partial charge in [-0.05, 0) is 24.5 Å². The summed E-state index contributed by atoms with van der Waals surface area (Å²) in [6.07, 6.45) is 0.497. The van der Waals surface area contributed by atoms with Crippen LogP contribution >= 0.6 is 0 Å². The Morgan fingerprint density at radius 2 is 1.75 bits per heavy atom. The molecular weight excluding hydrogens is 212 g/mol. The number of hydrogen-bond acceptors (Lipinski definition) is 2. The highest BCUT2D eigenvalue weighted by Crippen LogP contribution is 2.13. The van der Waals surface area contributed by atoms with Crippen LogP contribution in [0.2, 0.25) is 0 Å². The molecule has 0 spiro atoms. The average molecular weight is 227 g/mol. The average Bonchev–Trinajstić information content (AvgIpc) is 2.13. The Bertz CT molecular complexity index is 370. The second-order valence-electron chi connectivity index (χ2n) is 4.26. The molecule has 0 heterocycles. The minimum absolute atomic E-state index is 0.00866. The van der Waals surface area contributed by atoms with Crippen molar-refractivity contribution in [3.05, 3.63) is 35.4 Å². The maximum Gasteiger partial charge on any atom is 0.179 e. The number of carbonyl (C=O) groups excluding carboxylic acids is 1. The van der Waals surface area contributed by atoms with Gasteiger partial charge in [-0.3, -0.25) is 4.79 Å². The summed E-state index contributed by atoms with van der Waals surface area (Å²) in [7, 11) is 0. The van der Waals surface area contributed by atoms with Gasteiger partial charge in [0.15, 0.2) is 5.78 Å². The number of carbonyl (C=O) groups is 1. The quantitative estimate of drug-likeness (QED) is 0.803. The van der Waals surface area contributed by atoms with E-state index in [1.807, 2.05) is 13.8 Å². The molecule has 16 heavy (non-hydrogen) atoms. The van der Waals surface area contributed by atoms with Gasteiger partial charge in [0.2, 0.25) is 0 Å². The molecule has 88 valence electrons. The normalized spacial score (nSPS) is 12.9. The standard InChI is InChI=1S/C12H15F2NO/c1-7(2)3-11(15)12(16)8-4-9(13)6-10(14)5-8/h4-7,11H,3,15H2,1-2H3. The minimum Gasteiger partial charge on any atom is -0.321 e. The molecule has 0 aliphatic rings. The lowest BCUT2D eigenvalue weighted by Gasteiger charge is -2.12. The van der Waals surface area contributed by atoms with Crippen LogP contribution in [0, 0.1) is 17.6 Å². The van der Waals surface area contributed by atoms with E-state index in [4.69, 9.17) is 5.73 Å². The third-order valence-corrected chi connectivity index (χ3v) is 2.21. The van der Waals surface area contributed by atoms with E-state index in [0.717, 1.165) is 18.2 Å². The second kappa shape index (κ2) is 5.16. The molecule has 2 nitrogen and oxygen atoms in total. The Morgan fingerprint density at radius 3 is 2.19 bits per heavy atom. The van der Waals surface area contributed by atoms with Crippen molar-refractivity contribution in [1.82, 2.24) is 0 Å². The monoisotopic (exact) mass is 227 g/mol. The zero-order valence-corrected chi connectivity index (χ0v) is 9.34. The SMILES string of the molecule is CC(C)CC(N)C(=O)c1cc(F)cc(F)c1. The molecule has 0 radical (unpaired) electrons. The van der Waals surface area contributed by atoms with Crippen molar-refractivity contribution in [2.24, 2.45) is 11.7 Å². The summed E-state index contributed by atoms with van der Waals surface area (Å²) in [5, 5.41) is 0. The van der Waals surface area contributed by atoms with Crippen molar-refractivity contribution in [3.8, 4) is 0 Å². The van der Waals surface area contributed by atoms with Gasteiger partial charge in [-0.1, -0.05) is 13.8 Å². The first kappa shape index (κ1) is 12.8. The van der Waals surface area contributed by atoms with Crippen LogP contribution in [0.3, 0.4) is 0 Å². The Hall–Kier alpha value is -1.29. The van der Waals surface area contributed by atoms with Crippen molar-refractivity contribution in [2.45, 2.75) is 26.3 Å². The van der Waals surface area contributed by atoms with E-state index in [-0.39, 0.29) is 11.5 Å². The summed E-state index contributed by atoms with van der Waals surface area (Å²) in [5.74, 6) is -1.69. The molecule has 0 saturated heterocycles. The van der Waals surface area contributed by atoms with E-state index in [9.17, 15) is 13.6 Å². The summed E-state index contributed by atoms with van der Waals surface area (Å²) in [5.41, 5.74) is 5.65. The van der Waals surface area contributed by atoms with Gasteiger partial charge in [-0.15, -0.1) is 0 Å². The highest BCUT2D eigenvalue weighted by Gasteiger charge is 2.18. The summed E-state index contributed by atoms with van der Waals surface area (Å²) in [6, 6.07) is 2.03. The van der Waals surface area contributed by atoms with Crippen LogP contribution < -0.4 is 5.73 Å². The molecule has 0 aliphatic heterocycles. The molecular formula is C12H15F2NO. The third-order valence-electron chi connectivity index (χ3n) is 2.21. The van der Waals surface area contributed by atoms with Crippen molar-refractivity contribution >= 4 is 5.78 Å². The topological polar surface area (TPSA) is 43.1 Å². The van der Waals surface area contributed by atoms with Crippen molar-refractivity contribution < 1.29 is 13.6 Å². The van der Waals surface area contributed by atoms with Crippen molar-refractivity contribution in [1.29, 1.82) is 0 Å². The lowest BCUT2D eigenvalue weighted by Crippen LogP contribution is -2.32. The van der Waals surface area contributed by atoms with Crippen LogP contribution in [0.15, 0.2) is 18.2 Å². The molecule has 0 bridgehead atoms. The molecule has 0 aromatic heterocycles. The smallest absolute Gasteiger partial charge is 0.179 e. The molecule has 0 aliphatic carbocycles. The van der Waals surface area contributed by atoms with E-state index in [1.54, 1.807) is 0 Å². The number of halogens is 2. The predicted molar refractivity (Wildman–Crippen MR) is 58.1 cm³/mol. The molecule has 1 atom stereocenters. The number of nitrogens with two attached hydrogens (primary N) is 1. The van der Waals surface area contributed by atoms with E-state index in [2.05, 4.69) is 0 Å². The van der Waals surface area contributed by atoms with E-state index < -0.39 is 23.5 Å². The summed E-state index contributed by atoms with van der Waals surface area (Å²) in [6.45, 7) is 3.86. The van der Waals surface area contributed by atoms with E-state index in [0.29, 0.717) is 6.42 Å². The van der Waals surface area contributed by atoms with E-state index in [1.165, 1.54) is 0 Å². The van der Waals surface area contributed by atoms with Gasteiger partial charge in [-0.2, -0.15) is 0 Å². The van der Waals surface area contributed by atoms with Crippen LogP contribution in [0.25, 0.3) is 0 Å². The van der Waals surface area contributed by atoms with Crippen LogP contribution in [0.4, 0.5) is 8.78 Å². The van der Waals surface area contributed by atoms with Crippen molar-refractivity contribution in [3.63, 3.8) is 0 Å². The highest BCUT2D eigenvalue weighted by molar-refractivity contribution is 5.99. The first-order valence-electron chi connectivity index (χ1n) is 5.16. The van der Waals surface area contributed by atoms with Crippen LogP contribution in [0.1, 0.15) is 30.6 Å². The third kappa shape index (κ3) is 3.38. The molecule has 4 heteroatoms. The highest BCUT2D eigenvalue weighted by atomic mass is 19.1. The fourth-order valence-corrected chi connectivity index (χ4v) is 1.53. The van der Waals surface area contributed by atoms with Crippen molar-refractivity contribution in [2.75, 3.05) is 0 Å². The van der Waals surface area contributed by atoms with Gasteiger partial charge in [0.25, 0.3) is 0 Å². The largest absolute Gasteiger partial charge is 0.321 e. The second-order valence-corrected chi connectivity index (χ2v) is 4.26. The van der Waals surface area contributed by atoms with Crippen LogP contribution in [-0.2, 0) is 0 Å². The van der Waals surface area contributed by atoms with Gasteiger partial charge >= 0.3 is 0 Å². The maximum absolute atomic E-state index is 12.9. The Balaban J connectivity index is 2.87. The first-order valence-corrected chi connectivity index (χ1v) is 5.16. The zero-order chi connectivity index (χ0) is 12.3. The fraction of sp³-hybridized carbons (Fsp3) is 0.417. The zero-order valence-electron chi connectivity index (χ0n) is 9.34.